The van der Waals surface area contributed by atoms with Crippen LogP contribution >= 0.6 is 0 Å². The Morgan fingerprint density at radius 2 is 1.00 bits per heavy atom. The molecule has 0 saturated heterocycles. The fraction of sp³-hybridized carbons (Fsp3) is 0.929. The molecule has 0 aliphatic carbocycles. The average molecular weight is 455 g/mol. The molecule has 0 aliphatic heterocycles. The molecule has 0 fully saturated rings. The lowest BCUT2D eigenvalue weighted by Crippen LogP contribution is -2.09. The van der Waals surface area contributed by atoms with E-state index in [1.807, 2.05) is 0 Å². The highest BCUT2D eigenvalue weighted by Crippen LogP contribution is 2.20. The zero-order chi connectivity index (χ0) is 23.7. The van der Waals surface area contributed by atoms with Crippen molar-refractivity contribution in [2.75, 3.05) is 13.2 Å². The maximum Gasteiger partial charge on any atom is 0.305 e. The largest absolute Gasteiger partial charge is 0.466 e. The average Bonchev–Trinajstić information content (AvgIpc) is 2.79. The maximum atomic E-state index is 11.8. The molecule has 0 aromatic carbocycles. The first kappa shape index (κ1) is 30.9. The summed E-state index contributed by atoms with van der Waals surface area (Å²) in [4.78, 5) is 23.4. The van der Waals surface area contributed by atoms with Crippen LogP contribution in [0.4, 0.5) is 0 Å². The quantitative estimate of drug-likeness (QED) is 0.108. The first-order valence-electron chi connectivity index (χ1n) is 13.9. The van der Waals surface area contributed by atoms with Gasteiger partial charge in [-0.15, -0.1) is 0 Å². The van der Waals surface area contributed by atoms with Crippen molar-refractivity contribution in [3.05, 3.63) is 0 Å². The lowest BCUT2D eigenvalue weighted by molar-refractivity contribution is -0.145. The van der Waals surface area contributed by atoms with Crippen molar-refractivity contribution < 1.29 is 19.1 Å². The predicted octanol–water partition coefficient (Wildman–Crippen LogP) is 8.55. The Hall–Kier alpha value is -1.06. The molecule has 0 saturated carbocycles. The van der Waals surface area contributed by atoms with E-state index in [0.29, 0.717) is 32.0 Å². The van der Waals surface area contributed by atoms with Gasteiger partial charge >= 0.3 is 11.9 Å². The molecule has 0 radical (unpaired) electrons. The van der Waals surface area contributed by atoms with Gasteiger partial charge in [-0.2, -0.15) is 0 Å². The lowest BCUT2D eigenvalue weighted by atomic mass is 9.93. The van der Waals surface area contributed by atoms with Crippen molar-refractivity contribution in [3.8, 4) is 0 Å². The van der Waals surface area contributed by atoms with Crippen molar-refractivity contribution in [1.82, 2.24) is 0 Å². The molecule has 0 rings (SSSR count). The van der Waals surface area contributed by atoms with Crippen molar-refractivity contribution in [2.45, 2.75) is 149 Å². The van der Waals surface area contributed by atoms with Crippen LogP contribution in [0.5, 0.6) is 0 Å². The van der Waals surface area contributed by atoms with Gasteiger partial charge in [0.05, 0.1) is 13.2 Å². The number of rotatable bonds is 24. The van der Waals surface area contributed by atoms with Crippen LogP contribution in [-0.2, 0) is 19.1 Å². The Kier molecular flexibility index (Phi) is 23.8. The molecule has 0 heterocycles. The van der Waals surface area contributed by atoms with Gasteiger partial charge in [0.2, 0.25) is 0 Å². The van der Waals surface area contributed by atoms with E-state index in [-0.39, 0.29) is 11.9 Å². The van der Waals surface area contributed by atoms with Crippen LogP contribution in [0, 0.1) is 5.92 Å². The summed E-state index contributed by atoms with van der Waals surface area (Å²) >= 11 is 0. The summed E-state index contributed by atoms with van der Waals surface area (Å²) in [5.41, 5.74) is 0. The van der Waals surface area contributed by atoms with Gasteiger partial charge in [-0.05, 0) is 31.6 Å². The molecule has 1 unspecified atom stereocenters. The van der Waals surface area contributed by atoms with Gasteiger partial charge in [0.25, 0.3) is 0 Å². The van der Waals surface area contributed by atoms with Crippen LogP contribution in [0.25, 0.3) is 0 Å². The molecule has 0 spiro atoms. The van der Waals surface area contributed by atoms with Gasteiger partial charge in [-0.25, -0.2) is 0 Å². The minimum absolute atomic E-state index is 0.0107. The van der Waals surface area contributed by atoms with E-state index in [1.54, 1.807) is 0 Å². The summed E-state index contributed by atoms with van der Waals surface area (Å²) in [6.45, 7) is 7.74. The summed E-state index contributed by atoms with van der Waals surface area (Å²) in [7, 11) is 0. The summed E-state index contributed by atoms with van der Waals surface area (Å²) in [6.07, 6.45) is 22.3. The fourth-order valence-corrected chi connectivity index (χ4v) is 4.03. The number of unbranched alkanes of at least 4 members (excludes halogenated alkanes) is 12. The smallest absolute Gasteiger partial charge is 0.305 e. The van der Waals surface area contributed by atoms with Crippen LogP contribution in [0.3, 0.4) is 0 Å². The van der Waals surface area contributed by atoms with Gasteiger partial charge in [-0.3, -0.25) is 9.59 Å². The van der Waals surface area contributed by atoms with Crippen molar-refractivity contribution in [2.24, 2.45) is 5.92 Å². The topological polar surface area (TPSA) is 52.6 Å². The highest BCUT2D eigenvalue weighted by molar-refractivity contribution is 5.69. The third kappa shape index (κ3) is 22.1. The van der Waals surface area contributed by atoms with Gasteiger partial charge in [0, 0.05) is 12.8 Å². The predicted molar refractivity (Wildman–Crippen MR) is 135 cm³/mol. The number of carbonyl (C=O) groups is 2. The Morgan fingerprint density at radius 1 is 0.531 bits per heavy atom. The van der Waals surface area contributed by atoms with E-state index in [2.05, 4.69) is 20.8 Å². The van der Waals surface area contributed by atoms with E-state index in [1.165, 1.54) is 51.4 Å². The second-order valence-electron chi connectivity index (χ2n) is 9.39. The molecule has 1 atom stereocenters. The number of carbonyl (C=O) groups excluding carboxylic acids is 2. The molecule has 4 nitrogen and oxygen atoms in total. The van der Waals surface area contributed by atoms with Gasteiger partial charge in [-0.1, -0.05) is 111 Å². The minimum Gasteiger partial charge on any atom is -0.466 e. The second kappa shape index (κ2) is 24.6. The SMILES string of the molecule is CCCCCOC(=O)CCCCCCCCCCCC(CC)CCC(=O)OCCCCC. The van der Waals surface area contributed by atoms with Crippen LogP contribution in [0.15, 0.2) is 0 Å². The molecular formula is C28H54O4. The summed E-state index contributed by atoms with van der Waals surface area (Å²) in [6, 6.07) is 0. The highest BCUT2D eigenvalue weighted by atomic mass is 16.5. The fourth-order valence-electron chi connectivity index (χ4n) is 4.03. The normalized spacial score (nSPS) is 12.0. The number of hydrogen-bond acceptors (Lipinski definition) is 4. The summed E-state index contributed by atoms with van der Waals surface area (Å²) < 4.78 is 10.6. The van der Waals surface area contributed by atoms with E-state index in [4.69, 9.17) is 9.47 Å². The molecule has 190 valence electrons. The molecule has 0 amide bonds. The number of esters is 2. The molecule has 0 aliphatic rings. The standard InChI is InChI=1S/C28H54O4/c1-4-7-18-24-31-27(29)21-17-15-13-11-9-10-12-14-16-20-26(6-3)22-23-28(30)32-25-19-8-5-2/h26H,4-25H2,1-3H3. The summed E-state index contributed by atoms with van der Waals surface area (Å²) in [5.74, 6) is 0.635. The zero-order valence-corrected chi connectivity index (χ0v) is 21.8. The van der Waals surface area contributed by atoms with E-state index < -0.39 is 0 Å². The Balaban J connectivity index is 3.43. The van der Waals surface area contributed by atoms with Crippen molar-refractivity contribution >= 4 is 11.9 Å². The van der Waals surface area contributed by atoms with Gasteiger partial charge in [0.1, 0.15) is 0 Å². The van der Waals surface area contributed by atoms with E-state index >= 15 is 0 Å². The van der Waals surface area contributed by atoms with Crippen molar-refractivity contribution in [1.29, 1.82) is 0 Å². The van der Waals surface area contributed by atoms with Crippen molar-refractivity contribution in [3.63, 3.8) is 0 Å². The Labute approximate surface area is 199 Å². The van der Waals surface area contributed by atoms with Crippen LogP contribution in [-0.4, -0.2) is 25.2 Å². The molecular weight excluding hydrogens is 400 g/mol. The number of ether oxygens (including phenoxy) is 2. The molecule has 0 aromatic rings. The second-order valence-corrected chi connectivity index (χ2v) is 9.39. The van der Waals surface area contributed by atoms with Crippen LogP contribution < -0.4 is 0 Å². The zero-order valence-electron chi connectivity index (χ0n) is 21.8. The third-order valence-electron chi connectivity index (χ3n) is 6.35. The molecule has 0 bridgehead atoms. The van der Waals surface area contributed by atoms with Gasteiger partial charge < -0.3 is 9.47 Å². The third-order valence-corrected chi connectivity index (χ3v) is 6.35. The van der Waals surface area contributed by atoms with Crippen LogP contribution in [0.1, 0.15) is 149 Å². The molecule has 4 heteroatoms. The summed E-state index contributed by atoms with van der Waals surface area (Å²) in [5, 5.41) is 0. The first-order valence-corrected chi connectivity index (χ1v) is 13.9. The first-order chi connectivity index (χ1) is 15.6. The Morgan fingerprint density at radius 3 is 1.50 bits per heavy atom. The van der Waals surface area contributed by atoms with E-state index in [0.717, 1.165) is 64.2 Å². The monoisotopic (exact) mass is 454 g/mol. The van der Waals surface area contributed by atoms with E-state index in [9.17, 15) is 9.59 Å². The maximum absolute atomic E-state index is 11.8. The molecule has 0 aromatic heterocycles. The Bertz CT molecular complexity index is 422. The van der Waals surface area contributed by atoms with Gasteiger partial charge in [0.15, 0.2) is 0 Å². The minimum atomic E-state index is -0.0182. The lowest BCUT2D eigenvalue weighted by Gasteiger charge is -2.14. The highest BCUT2D eigenvalue weighted by Gasteiger charge is 2.10. The number of hydrogen-bond donors (Lipinski definition) is 0. The van der Waals surface area contributed by atoms with Crippen LogP contribution in [0.2, 0.25) is 0 Å². The molecule has 0 N–H and O–H groups in total. The molecule has 32 heavy (non-hydrogen) atoms.